The Balaban J connectivity index is 2.82. The molecule has 1 heteroatoms. The van der Waals surface area contributed by atoms with Gasteiger partial charge in [0.05, 0.1) is 6.26 Å². The van der Waals surface area contributed by atoms with Crippen molar-refractivity contribution in [1.82, 2.24) is 0 Å². The summed E-state index contributed by atoms with van der Waals surface area (Å²) in [5.41, 5.74) is 4.92. The molecule has 1 aromatic heterocycles. The molecule has 0 N–H and O–H groups in total. The first-order valence-corrected chi connectivity index (χ1v) is 4.69. The number of aryl methyl sites for hydroxylation is 3. The van der Waals surface area contributed by atoms with E-state index in [0.29, 0.717) is 0 Å². The predicted octanol–water partition coefficient (Wildman–Crippen LogP) is 3.61. The van der Waals surface area contributed by atoms with Gasteiger partial charge in [-0.2, -0.15) is 0 Å². The van der Waals surface area contributed by atoms with Crippen molar-refractivity contribution in [3.63, 3.8) is 0 Å². The van der Waals surface area contributed by atoms with Gasteiger partial charge in [-0.25, -0.2) is 0 Å². The standard InChI is InChI=1S/C12H14O/c1-4-10-7-13-11-6-8(2)5-9(3)12(10)11/h5-7H,4H2,1-3H3. The molecule has 1 aromatic carbocycles. The van der Waals surface area contributed by atoms with E-state index >= 15 is 0 Å². The van der Waals surface area contributed by atoms with Crippen LogP contribution in [-0.4, -0.2) is 0 Å². The molecule has 0 amide bonds. The van der Waals surface area contributed by atoms with Crippen LogP contribution in [-0.2, 0) is 6.42 Å². The van der Waals surface area contributed by atoms with Gasteiger partial charge in [-0.15, -0.1) is 0 Å². The van der Waals surface area contributed by atoms with Crippen molar-refractivity contribution >= 4 is 11.0 Å². The first-order valence-electron chi connectivity index (χ1n) is 4.69. The second-order valence-corrected chi connectivity index (χ2v) is 3.57. The summed E-state index contributed by atoms with van der Waals surface area (Å²) in [5, 5.41) is 1.30. The van der Waals surface area contributed by atoms with Gasteiger partial charge < -0.3 is 4.42 Å². The lowest BCUT2D eigenvalue weighted by atomic mass is 10.0. The minimum Gasteiger partial charge on any atom is -0.464 e. The van der Waals surface area contributed by atoms with E-state index < -0.39 is 0 Å². The summed E-state index contributed by atoms with van der Waals surface area (Å²) in [4.78, 5) is 0. The van der Waals surface area contributed by atoms with Crippen LogP contribution in [0.2, 0.25) is 0 Å². The summed E-state index contributed by atoms with van der Waals surface area (Å²) in [6, 6.07) is 4.30. The Kier molecular flexibility index (Phi) is 1.87. The number of fused-ring (bicyclic) bond motifs is 1. The second-order valence-electron chi connectivity index (χ2n) is 3.57. The molecule has 1 heterocycles. The van der Waals surface area contributed by atoms with Crippen molar-refractivity contribution in [1.29, 1.82) is 0 Å². The zero-order valence-corrected chi connectivity index (χ0v) is 8.35. The van der Waals surface area contributed by atoms with Crippen LogP contribution in [0.5, 0.6) is 0 Å². The highest BCUT2D eigenvalue weighted by Gasteiger charge is 2.06. The van der Waals surface area contributed by atoms with Gasteiger partial charge in [0.25, 0.3) is 0 Å². The average molecular weight is 174 g/mol. The van der Waals surface area contributed by atoms with Gasteiger partial charge in [0.15, 0.2) is 0 Å². The van der Waals surface area contributed by atoms with Crippen LogP contribution in [0.15, 0.2) is 22.8 Å². The number of hydrogen-bond acceptors (Lipinski definition) is 1. The first-order chi connectivity index (χ1) is 6.22. The number of rotatable bonds is 1. The van der Waals surface area contributed by atoms with Gasteiger partial charge in [0.2, 0.25) is 0 Å². The molecule has 0 saturated heterocycles. The van der Waals surface area contributed by atoms with E-state index in [-0.39, 0.29) is 0 Å². The largest absolute Gasteiger partial charge is 0.464 e. The molecular weight excluding hydrogens is 160 g/mol. The number of furan rings is 1. The van der Waals surface area contributed by atoms with E-state index in [4.69, 9.17) is 4.42 Å². The maximum absolute atomic E-state index is 5.50. The number of hydrogen-bond donors (Lipinski definition) is 0. The van der Waals surface area contributed by atoms with E-state index in [1.54, 1.807) is 0 Å². The fourth-order valence-corrected chi connectivity index (χ4v) is 1.89. The van der Waals surface area contributed by atoms with Crippen LogP contribution in [0.3, 0.4) is 0 Å². The molecule has 0 bridgehead atoms. The summed E-state index contributed by atoms with van der Waals surface area (Å²) >= 11 is 0. The maximum Gasteiger partial charge on any atom is 0.134 e. The molecule has 0 fully saturated rings. The van der Waals surface area contributed by atoms with Gasteiger partial charge in [-0.05, 0) is 43.0 Å². The van der Waals surface area contributed by atoms with Crippen LogP contribution in [0.4, 0.5) is 0 Å². The molecule has 68 valence electrons. The van der Waals surface area contributed by atoms with Gasteiger partial charge in [0.1, 0.15) is 5.58 Å². The summed E-state index contributed by atoms with van der Waals surface area (Å²) in [7, 11) is 0. The van der Waals surface area contributed by atoms with Gasteiger partial charge in [-0.3, -0.25) is 0 Å². The third-order valence-corrected chi connectivity index (χ3v) is 2.47. The van der Waals surface area contributed by atoms with Crippen molar-refractivity contribution in [2.75, 3.05) is 0 Å². The van der Waals surface area contributed by atoms with Crippen LogP contribution in [0.25, 0.3) is 11.0 Å². The summed E-state index contributed by atoms with van der Waals surface area (Å²) in [5.74, 6) is 0. The van der Waals surface area contributed by atoms with Crippen molar-refractivity contribution < 1.29 is 4.42 Å². The maximum atomic E-state index is 5.50. The lowest BCUT2D eigenvalue weighted by Crippen LogP contribution is -1.81. The smallest absolute Gasteiger partial charge is 0.134 e. The molecule has 13 heavy (non-hydrogen) atoms. The first kappa shape index (κ1) is 8.36. The third-order valence-electron chi connectivity index (χ3n) is 2.47. The fourth-order valence-electron chi connectivity index (χ4n) is 1.89. The molecule has 0 spiro atoms. The average Bonchev–Trinajstić information content (AvgIpc) is 2.47. The Morgan fingerprint density at radius 2 is 2.00 bits per heavy atom. The molecule has 2 rings (SSSR count). The van der Waals surface area contributed by atoms with Crippen LogP contribution in [0.1, 0.15) is 23.6 Å². The lowest BCUT2D eigenvalue weighted by Gasteiger charge is -1.99. The molecule has 0 radical (unpaired) electrons. The lowest BCUT2D eigenvalue weighted by molar-refractivity contribution is 0.611. The van der Waals surface area contributed by atoms with E-state index in [2.05, 4.69) is 32.9 Å². The Morgan fingerprint density at radius 3 is 2.69 bits per heavy atom. The summed E-state index contributed by atoms with van der Waals surface area (Å²) in [6.45, 7) is 6.40. The minimum atomic E-state index is 1.02. The summed E-state index contributed by atoms with van der Waals surface area (Å²) < 4.78 is 5.50. The zero-order valence-electron chi connectivity index (χ0n) is 8.35. The van der Waals surface area contributed by atoms with E-state index in [1.807, 2.05) is 6.26 Å². The quantitative estimate of drug-likeness (QED) is 0.643. The predicted molar refractivity (Wildman–Crippen MR) is 55.1 cm³/mol. The second kappa shape index (κ2) is 2.91. The van der Waals surface area contributed by atoms with Crippen LogP contribution in [0, 0.1) is 13.8 Å². The molecule has 0 aliphatic heterocycles. The minimum absolute atomic E-state index is 1.02. The van der Waals surface area contributed by atoms with E-state index in [0.717, 1.165) is 12.0 Å². The molecule has 0 atom stereocenters. The van der Waals surface area contributed by atoms with Crippen molar-refractivity contribution in [2.24, 2.45) is 0 Å². The Labute approximate surface area is 78.4 Å². The van der Waals surface area contributed by atoms with Gasteiger partial charge in [-0.1, -0.05) is 13.0 Å². The Bertz CT molecular complexity index is 438. The van der Waals surface area contributed by atoms with Crippen molar-refractivity contribution in [3.8, 4) is 0 Å². The van der Waals surface area contributed by atoms with E-state index in [1.165, 1.54) is 22.1 Å². The molecule has 0 saturated carbocycles. The van der Waals surface area contributed by atoms with Gasteiger partial charge >= 0.3 is 0 Å². The van der Waals surface area contributed by atoms with Crippen molar-refractivity contribution in [3.05, 3.63) is 35.1 Å². The number of benzene rings is 1. The molecule has 0 aliphatic rings. The Hall–Kier alpha value is -1.24. The highest BCUT2D eigenvalue weighted by atomic mass is 16.3. The Morgan fingerprint density at radius 1 is 1.23 bits per heavy atom. The summed E-state index contributed by atoms with van der Waals surface area (Å²) in [6.07, 6.45) is 2.91. The van der Waals surface area contributed by atoms with Crippen LogP contribution >= 0.6 is 0 Å². The topological polar surface area (TPSA) is 13.1 Å². The highest BCUT2D eigenvalue weighted by Crippen LogP contribution is 2.26. The molecule has 0 aliphatic carbocycles. The molecular formula is C12H14O. The molecule has 1 nitrogen and oxygen atoms in total. The monoisotopic (exact) mass is 174 g/mol. The fraction of sp³-hybridized carbons (Fsp3) is 0.333. The molecule has 2 aromatic rings. The van der Waals surface area contributed by atoms with Gasteiger partial charge in [0, 0.05) is 5.39 Å². The SMILES string of the molecule is CCc1coc2cc(C)cc(C)c12. The molecule has 0 unspecified atom stereocenters. The normalized spacial score (nSPS) is 11.0. The van der Waals surface area contributed by atoms with E-state index in [9.17, 15) is 0 Å². The zero-order chi connectivity index (χ0) is 9.42. The highest BCUT2D eigenvalue weighted by molar-refractivity contribution is 5.85. The van der Waals surface area contributed by atoms with Crippen molar-refractivity contribution in [2.45, 2.75) is 27.2 Å². The third kappa shape index (κ3) is 1.24. The van der Waals surface area contributed by atoms with Crippen LogP contribution < -0.4 is 0 Å².